The highest BCUT2D eigenvalue weighted by atomic mass is 127. The highest BCUT2D eigenvalue weighted by Gasteiger charge is 1.92. The maximum atomic E-state index is 2.36. The lowest BCUT2D eigenvalue weighted by Crippen LogP contribution is -2.01. The Morgan fingerprint density at radius 1 is 1.11 bits per heavy atom. The number of hydrogen-bond donors (Lipinski definition) is 0. The summed E-state index contributed by atoms with van der Waals surface area (Å²) in [5.74, 6) is 0. The molecule has 0 amide bonds. The molecule has 0 fully saturated rings. The molecule has 0 bridgehead atoms. The second kappa shape index (κ2) is 3.34. The zero-order valence-electron chi connectivity index (χ0n) is 4.99. The monoisotopic (exact) mass is 360 g/mol. The van der Waals surface area contributed by atoms with Crippen LogP contribution in [0.3, 0.4) is 0 Å². The first-order chi connectivity index (χ1) is 4.20. The summed E-state index contributed by atoms with van der Waals surface area (Å²) in [6.07, 6.45) is 0. The Bertz CT molecular complexity index is 222. The maximum Gasteiger partial charge on any atom is 0.0385 e. The molecule has 0 saturated carbocycles. The smallest absolute Gasteiger partial charge is 0.0385 e. The third-order valence-corrected chi connectivity index (χ3v) is 4.56. The van der Waals surface area contributed by atoms with Crippen LogP contribution >= 0.6 is 45.2 Å². The second-order valence-corrected chi connectivity index (χ2v) is 5.40. The quantitative estimate of drug-likeness (QED) is 0.476. The summed E-state index contributed by atoms with van der Waals surface area (Å²) in [5, 5.41) is 1.47. The average Bonchev–Trinajstić information content (AvgIpc) is 1.80. The first-order valence-electron chi connectivity index (χ1n) is 2.62. The molecule has 0 aliphatic carbocycles. The van der Waals surface area contributed by atoms with Gasteiger partial charge in [-0.25, -0.2) is 0 Å². The van der Waals surface area contributed by atoms with E-state index in [9.17, 15) is 0 Å². The SMILES string of the molecule is [SiH3]c1ccc(I)c(I)c1. The van der Waals surface area contributed by atoms with Gasteiger partial charge in [0.05, 0.1) is 0 Å². The third kappa shape index (κ3) is 2.19. The Morgan fingerprint density at radius 2 is 1.78 bits per heavy atom. The minimum atomic E-state index is 1.16. The van der Waals surface area contributed by atoms with Crippen LogP contribution in [0, 0.1) is 7.14 Å². The van der Waals surface area contributed by atoms with Crippen molar-refractivity contribution < 1.29 is 0 Å². The van der Waals surface area contributed by atoms with Crippen molar-refractivity contribution in [1.82, 2.24) is 0 Å². The summed E-state index contributed by atoms with van der Waals surface area (Å²) < 4.78 is 2.73. The van der Waals surface area contributed by atoms with Gasteiger partial charge in [0.25, 0.3) is 0 Å². The van der Waals surface area contributed by atoms with Gasteiger partial charge in [-0.2, -0.15) is 0 Å². The molecule has 0 radical (unpaired) electrons. The Balaban J connectivity index is 3.17. The molecule has 9 heavy (non-hydrogen) atoms. The van der Waals surface area contributed by atoms with Crippen LogP contribution in [0.5, 0.6) is 0 Å². The molecule has 0 spiro atoms. The summed E-state index contributed by atoms with van der Waals surface area (Å²) in [4.78, 5) is 0. The van der Waals surface area contributed by atoms with Crippen LogP contribution in [0.2, 0.25) is 0 Å². The fourth-order valence-corrected chi connectivity index (χ4v) is 2.65. The first-order valence-corrected chi connectivity index (χ1v) is 5.77. The first kappa shape index (κ1) is 8.00. The minimum Gasteiger partial charge on any atom is -0.0697 e. The molecule has 0 aliphatic rings. The highest BCUT2D eigenvalue weighted by Crippen LogP contribution is 2.11. The van der Waals surface area contributed by atoms with Crippen molar-refractivity contribution in [3.8, 4) is 0 Å². The summed E-state index contributed by atoms with van der Waals surface area (Å²) in [5.41, 5.74) is 0. The topological polar surface area (TPSA) is 0 Å². The van der Waals surface area contributed by atoms with Crippen LogP contribution < -0.4 is 5.19 Å². The highest BCUT2D eigenvalue weighted by molar-refractivity contribution is 14.1. The van der Waals surface area contributed by atoms with E-state index in [0.29, 0.717) is 0 Å². The largest absolute Gasteiger partial charge is 0.0697 e. The van der Waals surface area contributed by atoms with Crippen molar-refractivity contribution >= 4 is 60.6 Å². The predicted octanol–water partition coefficient (Wildman–Crippen LogP) is 0.886. The van der Waals surface area contributed by atoms with Crippen molar-refractivity contribution in [1.29, 1.82) is 0 Å². The molecule has 0 saturated heterocycles. The molecular formula is C6H6I2Si. The molecule has 1 aromatic rings. The Labute approximate surface area is 85.1 Å². The fraction of sp³-hybridized carbons (Fsp3) is 0. The molecule has 3 heteroatoms. The molecule has 0 aromatic heterocycles. The van der Waals surface area contributed by atoms with E-state index in [-0.39, 0.29) is 0 Å². The van der Waals surface area contributed by atoms with E-state index >= 15 is 0 Å². The molecule has 0 N–H and O–H groups in total. The lowest BCUT2D eigenvalue weighted by atomic mass is 10.4. The van der Waals surface area contributed by atoms with Gasteiger partial charge in [-0.05, 0) is 57.3 Å². The van der Waals surface area contributed by atoms with Crippen LogP contribution in [0.15, 0.2) is 18.2 Å². The summed E-state index contributed by atoms with van der Waals surface area (Å²) in [7, 11) is 1.16. The molecule has 0 atom stereocenters. The summed E-state index contributed by atoms with van der Waals surface area (Å²) >= 11 is 4.71. The molecule has 1 aromatic carbocycles. The van der Waals surface area contributed by atoms with Crippen LogP contribution in [-0.2, 0) is 0 Å². The van der Waals surface area contributed by atoms with E-state index < -0.39 is 0 Å². The predicted molar refractivity (Wildman–Crippen MR) is 61.4 cm³/mol. The van der Waals surface area contributed by atoms with Gasteiger partial charge < -0.3 is 0 Å². The van der Waals surface area contributed by atoms with Crippen LogP contribution in [0.25, 0.3) is 0 Å². The third-order valence-electron chi connectivity index (χ3n) is 1.08. The van der Waals surface area contributed by atoms with Crippen LogP contribution in [0.4, 0.5) is 0 Å². The van der Waals surface area contributed by atoms with E-state index in [1.54, 1.807) is 0 Å². The van der Waals surface area contributed by atoms with Gasteiger partial charge in [0.15, 0.2) is 0 Å². The van der Waals surface area contributed by atoms with Crippen molar-refractivity contribution in [2.75, 3.05) is 0 Å². The minimum absolute atomic E-state index is 1.16. The second-order valence-electron chi connectivity index (χ2n) is 1.92. The molecule has 48 valence electrons. The van der Waals surface area contributed by atoms with Crippen molar-refractivity contribution in [3.05, 3.63) is 25.3 Å². The van der Waals surface area contributed by atoms with E-state index in [1.807, 2.05) is 0 Å². The fourth-order valence-electron chi connectivity index (χ4n) is 0.601. The zero-order chi connectivity index (χ0) is 6.85. The molecule has 0 heterocycles. The molecule has 0 nitrogen and oxygen atoms in total. The number of halogens is 2. The molecule has 0 unspecified atom stereocenters. The van der Waals surface area contributed by atoms with Gasteiger partial charge in [-0.1, -0.05) is 11.3 Å². The Morgan fingerprint density at radius 3 is 2.22 bits per heavy atom. The Hall–Kier alpha value is 0.897. The van der Waals surface area contributed by atoms with E-state index in [1.165, 1.54) is 12.3 Å². The number of rotatable bonds is 0. The number of benzene rings is 1. The zero-order valence-corrected chi connectivity index (χ0v) is 11.3. The standard InChI is InChI=1S/C6H6I2Si/c7-5-2-1-4(9)3-6(5)8/h1-3H,9H3. The Kier molecular flexibility index (Phi) is 2.96. The van der Waals surface area contributed by atoms with Crippen molar-refractivity contribution in [3.63, 3.8) is 0 Å². The number of hydrogen-bond acceptors (Lipinski definition) is 0. The molecule has 0 aliphatic heterocycles. The van der Waals surface area contributed by atoms with E-state index in [0.717, 1.165) is 10.2 Å². The normalized spacial score (nSPS) is 10.0. The van der Waals surface area contributed by atoms with Gasteiger partial charge >= 0.3 is 0 Å². The van der Waals surface area contributed by atoms with Gasteiger partial charge in [0, 0.05) is 17.4 Å². The van der Waals surface area contributed by atoms with Crippen molar-refractivity contribution in [2.24, 2.45) is 0 Å². The van der Waals surface area contributed by atoms with Gasteiger partial charge in [-0.3, -0.25) is 0 Å². The lowest BCUT2D eigenvalue weighted by Gasteiger charge is -1.95. The maximum absolute atomic E-state index is 2.36. The lowest BCUT2D eigenvalue weighted by molar-refractivity contribution is 1.62. The molecular weight excluding hydrogens is 354 g/mol. The van der Waals surface area contributed by atoms with E-state index in [2.05, 4.69) is 63.4 Å². The van der Waals surface area contributed by atoms with Gasteiger partial charge in [0.2, 0.25) is 0 Å². The summed E-state index contributed by atoms with van der Waals surface area (Å²) in [6.45, 7) is 0. The average molecular weight is 360 g/mol. The molecule has 1 rings (SSSR count). The van der Waals surface area contributed by atoms with Crippen molar-refractivity contribution in [2.45, 2.75) is 0 Å². The van der Waals surface area contributed by atoms with E-state index in [4.69, 9.17) is 0 Å². The summed E-state index contributed by atoms with van der Waals surface area (Å²) in [6, 6.07) is 6.61. The van der Waals surface area contributed by atoms with Gasteiger partial charge in [0.1, 0.15) is 0 Å². The van der Waals surface area contributed by atoms with Crippen LogP contribution in [-0.4, -0.2) is 10.2 Å². The van der Waals surface area contributed by atoms with Gasteiger partial charge in [-0.15, -0.1) is 0 Å². The van der Waals surface area contributed by atoms with Crippen LogP contribution in [0.1, 0.15) is 0 Å².